The fourth-order valence-corrected chi connectivity index (χ4v) is 3.82. The third kappa shape index (κ3) is 5.04. The molecule has 0 fully saturated rings. The molecule has 0 unspecified atom stereocenters. The topological polar surface area (TPSA) is 88.6 Å². The molecule has 4 heterocycles. The molecule has 0 radical (unpaired) electrons. The summed E-state index contributed by atoms with van der Waals surface area (Å²) in [6, 6.07) is 4.92. The van der Waals surface area contributed by atoms with Crippen molar-refractivity contribution in [2.24, 2.45) is 0 Å². The molecule has 1 aliphatic rings. The maximum Gasteiger partial charge on any atom is 0.234 e. The summed E-state index contributed by atoms with van der Waals surface area (Å²) >= 11 is 0. The van der Waals surface area contributed by atoms with Crippen LogP contribution >= 0.6 is 0 Å². The summed E-state index contributed by atoms with van der Waals surface area (Å²) in [5.74, 6) is 1.14. The smallest absolute Gasteiger partial charge is 0.234 e. The van der Waals surface area contributed by atoms with Crippen LogP contribution in [0.25, 0.3) is 22.6 Å². The van der Waals surface area contributed by atoms with Crippen LogP contribution in [0.15, 0.2) is 47.3 Å². The fourth-order valence-electron chi connectivity index (χ4n) is 3.82. The van der Waals surface area contributed by atoms with Gasteiger partial charge in [0.1, 0.15) is 5.82 Å². The number of hydrogen-bond acceptors (Lipinski definition) is 7. The Morgan fingerprint density at radius 1 is 1.21 bits per heavy atom. The Morgan fingerprint density at radius 3 is 2.68 bits per heavy atom. The number of aryl methyl sites for hydroxylation is 2. The highest BCUT2D eigenvalue weighted by molar-refractivity contribution is 5.72. The second-order valence-electron chi connectivity index (χ2n) is 8.18. The Kier molecular flexibility index (Phi) is 6.83. The Balaban J connectivity index is 0.000000257. The van der Waals surface area contributed by atoms with E-state index in [-0.39, 0.29) is 5.82 Å². The largest absolute Gasteiger partial charge is 0.438 e. The van der Waals surface area contributed by atoms with Gasteiger partial charge in [-0.05, 0) is 44.2 Å². The Hall–Kier alpha value is -3.85. The number of likely N-dealkylation sites (N-methyl/N-ethyl adjacent to an activating group) is 1. The molecule has 0 spiro atoms. The number of benzene rings is 1. The molecule has 0 saturated carbocycles. The molecule has 34 heavy (non-hydrogen) atoms. The van der Waals surface area contributed by atoms with E-state index in [1.165, 1.54) is 11.6 Å². The average molecular weight is 463 g/mol. The number of aldehydes is 1. The first-order valence-corrected chi connectivity index (χ1v) is 11.0. The summed E-state index contributed by atoms with van der Waals surface area (Å²) < 4.78 is 21.0. The quantitative estimate of drug-likeness (QED) is 0.450. The van der Waals surface area contributed by atoms with Crippen molar-refractivity contribution in [2.45, 2.75) is 20.3 Å². The van der Waals surface area contributed by atoms with E-state index in [9.17, 15) is 9.18 Å². The maximum absolute atomic E-state index is 14.2. The van der Waals surface area contributed by atoms with Gasteiger partial charge in [-0.15, -0.1) is 0 Å². The minimum Gasteiger partial charge on any atom is -0.438 e. The predicted molar refractivity (Wildman–Crippen MR) is 129 cm³/mol. The summed E-state index contributed by atoms with van der Waals surface area (Å²) in [4.78, 5) is 25.2. The minimum absolute atomic E-state index is 0.292. The lowest BCUT2D eigenvalue weighted by molar-refractivity contribution is 0.109. The number of oxazole rings is 1. The number of imidazole rings is 1. The second kappa shape index (κ2) is 9.96. The lowest BCUT2D eigenvalue weighted by Crippen LogP contribution is -2.25. The van der Waals surface area contributed by atoms with Crippen molar-refractivity contribution in [3.63, 3.8) is 0 Å². The zero-order chi connectivity index (χ0) is 24.2. The van der Waals surface area contributed by atoms with Crippen LogP contribution in [-0.4, -0.2) is 57.7 Å². The summed E-state index contributed by atoms with van der Waals surface area (Å²) in [6.07, 6.45) is 9.66. The van der Waals surface area contributed by atoms with Crippen LogP contribution in [0, 0.1) is 19.7 Å². The molecule has 4 aromatic rings. The van der Waals surface area contributed by atoms with Gasteiger partial charge in [0.05, 0.1) is 11.4 Å². The number of halogens is 1. The van der Waals surface area contributed by atoms with Gasteiger partial charge in [0.25, 0.3) is 0 Å². The van der Waals surface area contributed by atoms with Crippen molar-refractivity contribution >= 4 is 23.3 Å². The van der Waals surface area contributed by atoms with Crippen LogP contribution in [0.5, 0.6) is 0 Å². The number of carbonyl (C=O) groups is 1. The van der Waals surface area contributed by atoms with Crippen LogP contribution in [0.3, 0.4) is 0 Å². The van der Waals surface area contributed by atoms with E-state index >= 15 is 0 Å². The van der Waals surface area contributed by atoms with Crippen molar-refractivity contribution in [1.29, 1.82) is 0 Å². The first kappa shape index (κ1) is 23.3. The van der Waals surface area contributed by atoms with Crippen LogP contribution in [0.2, 0.25) is 0 Å². The zero-order valence-electron chi connectivity index (χ0n) is 19.7. The molecule has 0 bridgehead atoms. The molecule has 0 saturated heterocycles. The molecule has 9 heteroatoms. The first-order chi connectivity index (χ1) is 16.4. The van der Waals surface area contributed by atoms with Crippen molar-refractivity contribution in [1.82, 2.24) is 24.3 Å². The third-order valence-corrected chi connectivity index (χ3v) is 5.60. The number of nitrogens with zero attached hydrogens (tertiary/aromatic N) is 5. The maximum atomic E-state index is 14.2. The molecular weight excluding hydrogens is 435 g/mol. The van der Waals surface area contributed by atoms with Gasteiger partial charge in [-0.25, -0.2) is 19.3 Å². The summed E-state index contributed by atoms with van der Waals surface area (Å²) in [5.41, 5.74) is 4.89. The van der Waals surface area contributed by atoms with Crippen molar-refractivity contribution in [3.05, 3.63) is 71.6 Å². The number of nitrogens with one attached hydrogen (secondary N) is 1. The van der Waals surface area contributed by atoms with Crippen molar-refractivity contribution < 1.29 is 13.6 Å². The van der Waals surface area contributed by atoms with E-state index in [2.05, 4.69) is 38.3 Å². The average Bonchev–Trinajstić information content (AvgIpc) is 3.41. The van der Waals surface area contributed by atoms with E-state index < -0.39 is 0 Å². The monoisotopic (exact) mass is 462 g/mol. The molecule has 0 atom stereocenters. The summed E-state index contributed by atoms with van der Waals surface area (Å²) in [7, 11) is 3.93. The van der Waals surface area contributed by atoms with Gasteiger partial charge in [0, 0.05) is 62.5 Å². The highest BCUT2D eigenvalue weighted by Crippen LogP contribution is 2.26. The molecule has 0 amide bonds. The van der Waals surface area contributed by atoms with Gasteiger partial charge < -0.3 is 14.6 Å². The van der Waals surface area contributed by atoms with Crippen LogP contribution in [-0.2, 0) is 0 Å². The molecule has 1 aliphatic heterocycles. The van der Waals surface area contributed by atoms with E-state index in [0.717, 1.165) is 30.8 Å². The summed E-state index contributed by atoms with van der Waals surface area (Å²) in [5, 5.41) is 3.03. The summed E-state index contributed by atoms with van der Waals surface area (Å²) in [6.45, 7) is 5.43. The molecule has 176 valence electrons. The molecule has 8 nitrogen and oxygen atoms in total. The normalized spacial score (nSPS) is 13.9. The number of carbonyl (C=O) groups excluding carboxylic acids is 1. The third-order valence-electron chi connectivity index (χ3n) is 5.60. The van der Waals surface area contributed by atoms with Crippen LogP contribution in [0.4, 0.5) is 10.1 Å². The lowest BCUT2D eigenvalue weighted by atomic mass is 10.0. The zero-order valence-corrected chi connectivity index (χ0v) is 19.7. The molecule has 0 aliphatic carbocycles. The van der Waals surface area contributed by atoms with Crippen LogP contribution in [0.1, 0.15) is 34.1 Å². The van der Waals surface area contributed by atoms with Crippen LogP contribution < -0.4 is 5.32 Å². The number of rotatable bonds is 4. The van der Waals surface area contributed by atoms with Crippen molar-refractivity contribution in [3.8, 4) is 11.3 Å². The molecule has 5 rings (SSSR count). The number of fused-ring (bicyclic) bond motifs is 1. The number of aromatic nitrogens is 4. The SMILES string of the molecule is CNc1ccc(F)c(-c2cn3cc(C4=CCCN(C)C4)cnc3n2)c1.Cc1nc(C)c(C=O)o1. The number of hydrogen-bond donors (Lipinski definition) is 1. The van der Waals surface area contributed by atoms with Gasteiger partial charge in [0.15, 0.2) is 17.9 Å². The molecule has 3 aromatic heterocycles. The second-order valence-corrected chi connectivity index (χ2v) is 8.18. The van der Waals surface area contributed by atoms with E-state index in [0.29, 0.717) is 40.7 Å². The number of anilines is 1. The Labute approximate surface area is 197 Å². The van der Waals surface area contributed by atoms with Gasteiger partial charge in [0.2, 0.25) is 5.78 Å². The molecule has 1 aromatic carbocycles. The lowest BCUT2D eigenvalue weighted by Gasteiger charge is -2.22. The van der Waals surface area contributed by atoms with Gasteiger partial charge in [-0.1, -0.05) is 6.08 Å². The Morgan fingerprint density at radius 2 is 2.03 bits per heavy atom. The first-order valence-electron chi connectivity index (χ1n) is 11.0. The highest BCUT2D eigenvalue weighted by atomic mass is 19.1. The standard InChI is InChI=1S/C19H20FN5.C6H7NO2/c1-21-15-5-6-17(20)16(8-15)18-12-25-11-14(9-22-19(25)23-18)13-4-3-7-24(2)10-13;1-4-6(3-8)9-5(2)7-4/h4-6,8-9,11-12,21H,3,7,10H2,1-2H3;3H,1-2H3. The van der Waals surface area contributed by atoms with Gasteiger partial charge in [-0.2, -0.15) is 0 Å². The molecule has 1 N–H and O–H groups in total. The van der Waals surface area contributed by atoms with E-state index in [4.69, 9.17) is 4.42 Å². The van der Waals surface area contributed by atoms with E-state index in [1.807, 2.05) is 30.0 Å². The predicted octanol–water partition coefficient (Wildman–Crippen LogP) is 4.40. The molecular formula is C25H27FN6O2. The van der Waals surface area contributed by atoms with E-state index in [1.54, 1.807) is 26.0 Å². The highest BCUT2D eigenvalue weighted by Gasteiger charge is 2.14. The van der Waals surface area contributed by atoms with Crippen molar-refractivity contribution in [2.75, 3.05) is 32.5 Å². The van der Waals surface area contributed by atoms with Gasteiger partial charge >= 0.3 is 0 Å². The van der Waals surface area contributed by atoms with Gasteiger partial charge in [-0.3, -0.25) is 9.20 Å². The minimum atomic E-state index is -0.292. The fraction of sp³-hybridized carbons (Fsp3) is 0.280. The Bertz CT molecular complexity index is 1360.